The highest BCUT2D eigenvalue weighted by atomic mass is 16.5. The maximum absolute atomic E-state index is 10.7. The van der Waals surface area contributed by atoms with E-state index in [-0.39, 0.29) is 6.04 Å². The highest BCUT2D eigenvalue weighted by molar-refractivity contribution is 5.17. The van der Waals surface area contributed by atoms with Crippen LogP contribution >= 0.6 is 0 Å². The molecule has 0 amide bonds. The largest absolute Gasteiger partial charge is 0.391 e. The normalized spacial score (nSPS) is 20.7. The number of morpholine rings is 1. The zero-order valence-corrected chi connectivity index (χ0v) is 12.8. The molecular weight excluding hydrogens is 274 g/mol. The van der Waals surface area contributed by atoms with E-state index >= 15 is 0 Å². The lowest BCUT2D eigenvalue weighted by atomic mass is 10.00. The Bertz CT molecular complexity index is 558. The molecule has 0 spiro atoms. The van der Waals surface area contributed by atoms with Crippen molar-refractivity contribution in [2.24, 2.45) is 0 Å². The molecule has 0 radical (unpaired) electrons. The van der Waals surface area contributed by atoms with Gasteiger partial charge in [-0.3, -0.25) is 4.90 Å². The predicted molar refractivity (Wildman–Crippen MR) is 87.6 cm³/mol. The molecule has 1 N–H and O–H groups in total. The molecular formula is C19H23NO2. The molecule has 3 heteroatoms. The second kappa shape index (κ2) is 7.54. The Labute approximate surface area is 132 Å². The van der Waals surface area contributed by atoms with Crippen LogP contribution in [0, 0.1) is 0 Å². The van der Waals surface area contributed by atoms with E-state index in [1.807, 2.05) is 24.3 Å². The molecule has 1 aliphatic rings. The van der Waals surface area contributed by atoms with Crippen LogP contribution < -0.4 is 0 Å². The second-order valence-corrected chi connectivity index (χ2v) is 5.86. The second-order valence-electron chi connectivity index (χ2n) is 5.86. The van der Waals surface area contributed by atoms with Crippen molar-refractivity contribution < 1.29 is 9.84 Å². The fourth-order valence-corrected chi connectivity index (χ4v) is 3.02. The van der Waals surface area contributed by atoms with Gasteiger partial charge in [-0.05, 0) is 17.5 Å². The van der Waals surface area contributed by atoms with Crippen molar-refractivity contribution >= 4 is 0 Å². The van der Waals surface area contributed by atoms with Gasteiger partial charge in [-0.15, -0.1) is 0 Å². The zero-order chi connectivity index (χ0) is 15.2. The highest BCUT2D eigenvalue weighted by Crippen LogP contribution is 2.17. The number of ether oxygens (including phenoxy) is 1. The summed E-state index contributed by atoms with van der Waals surface area (Å²) in [6.45, 7) is 3.06. The summed E-state index contributed by atoms with van der Waals surface area (Å²) < 4.78 is 5.61. The average Bonchev–Trinajstić information content (AvgIpc) is 2.57. The van der Waals surface area contributed by atoms with Crippen LogP contribution in [-0.4, -0.2) is 41.9 Å². The van der Waals surface area contributed by atoms with Crippen LogP contribution in [0.15, 0.2) is 60.7 Å². The summed E-state index contributed by atoms with van der Waals surface area (Å²) in [5, 5.41) is 10.7. The first-order chi connectivity index (χ1) is 10.8. The average molecular weight is 297 g/mol. The van der Waals surface area contributed by atoms with Crippen LogP contribution in [0.2, 0.25) is 0 Å². The first-order valence-corrected chi connectivity index (χ1v) is 7.90. The van der Waals surface area contributed by atoms with Gasteiger partial charge in [0.2, 0.25) is 0 Å². The van der Waals surface area contributed by atoms with Crippen molar-refractivity contribution in [3.63, 3.8) is 0 Å². The van der Waals surface area contributed by atoms with Gasteiger partial charge in [-0.2, -0.15) is 0 Å². The summed E-state index contributed by atoms with van der Waals surface area (Å²) in [7, 11) is 0. The molecule has 2 aromatic rings. The summed E-state index contributed by atoms with van der Waals surface area (Å²) in [4.78, 5) is 2.34. The number of aliphatic hydroxyl groups excluding tert-OH is 1. The molecule has 1 saturated heterocycles. The molecule has 3 rings (SSSR count). The van der Waals surface area contributed by atoms with Crippen molar-refractivity contribution in [3.05, 3.63) is 71.8 Å². The summed E-state index contributed by atoms with van der Waals surface area (Å²) in [5.41, 5.74) is 2.45. The Kier molecular flexibility index (Phi) is 5.22. The number of aliphatic hydroxyl groups is 1. The summed E-state index contributed by atoms with van der Waals surface area (Å²) >= 11 is 0. The van der Waals surface area contributed by atoms with Crippen molar-refractivity contribution in [3.8, 4) is 0 Å². The van der Waals surface area contributed by atoms with Crippen molar-refractivity contribution in [1.82, 2.24) is 4.90 Å². The minimum absolute atomic E-state index is 0.0502. The first kappa shape index (κ1) is 15.2. The fraction of sp³-hybridized carbons (Fsp3) is 0.368. The van der Waals surface area contributed by atoms with Crippen LogP contribution in [0.5, 0.6) is 0 Å². The molecule has 2 aromatic carbocycles. The van der Waals surface area contributed by atoms with Crippen molar-refractivity contribution in [2.75, 3.05) is 19.8 Å². The van der Waals surface area contributed by atoms with Gasteiger partial charge < -0.3 is 9.84 Å². The third kappa shape index (κ3) is 3.95. The van der Waals surface area contributed by atoms with E-state index in [0.717, 1.165) is 19.7 Å². The topological polar surface area (TPSA) is 32.7 Å². The quantitative estimate of drug-likeness (QED) is 0.920. The molecule has 0 saturated carbocycles. The van der Waals surface area contributed by atoms with Gasteiger partial charge >= 0.3 is 0 Å². The Hall–Kier alpha value is -1.68. The van der Waals surface area contributed by atoms with Gasteiger partial charge in [0.1, 0.15) is 0 Å². The van der Waals surface area contributed by atoms with E-state index in [2.05, 4.69) is 41.3 Å². The van der Waals surface area contributed by atoms with E-state index in [9.17, 15) is 5.11 Å². The molecule has 1 aliphatic heterocycles. The minimum Gasteiger partial charge on any atom is -0.391 e. The van der Waals surface area contributed by atoms with Gasteiger partial charge in [0, 0.05) is 13.1 Å². The monoisotopic (exact) mass is 297 g/mol. The smallest absolute Gasteiger partial charge is 0.0758 e. The molecule has 0 bridgehead atoms. The van der Waals surface area contributed by atoms with Crippen LogP contribution in [-0.2, 0) is 17.7 Å². The van der Waals surface area contributed by atoms with Crippen molar-refractivity contribution in [2.45, 2.75) is 25.1 Å². The first-order valence-electron chi connectivity index (χ1n) is 7.90. The number of rotatable bonds is 5. The maximum atomic E-state index is 10.7. The molecule has 0 aromatic heterocycles. The standard InChI is InChI=1S/C19H23NO2/c21-19(13-16-7-3-1-4-8-16)18-15-22-12-11-20(18)14-17-9-5-2-6-10-17/h1-10,18-19,21H,11-15H2/t18-,19?/m1/s1. The van der Waals surface area contributed by atoms with E-state index in [1.54, 1.807) is 0 Å². The third-order valence-corrected chi connectivity index (χ3v) is 4.24. The van der Waals surface area contributed by atoms with E-state index in [4.69, 9.17) is 4.74 Å². The predicted octanol–water partition coefficient (Wildman–Crippen LogP) is 2.49. The van der Waals surface area contributed by atoms with Gasteiger partial charge in [0.25, 0.3) is 0 Å². The summed E-state index contributed by atoms with van der Waals surface area (Å²) in [6, 6.07) is 20.6. The Morgan fingerprint density at radius 2 is 1.64 bits per heavy atom. The molecule has 1 fully saturated rings. The molecule has 2 atom stereocenters. The molecule has 0 aliphatic carbocycles. The number of hydrogen-bond donors (Lipinski definition) is 1. The highest BCUT2D eigenvalue weighted by Gasteiger charge is 2.29. The van der Waals surface area contributed by atoms with E-state index < -0.39 is 6.10 Å². The van der Waals surface area contributed by atoms with Crippen molar-refractivity contribution in [1.29, 1.82) is 0 Å². The summed E-state index contributed by atoms with van der Waals surface area (Å²) in [5.74, 6) is 0. The third-order valence-electron chi connectivity index (χ3n) is 4.24. The molecule has 1 heterocycles. The maximum Gasteiger partial charge on any atom is 0.0758 e. The molecule has 3 nitrogen and oxygen atoms in total. The minimum atomic E-state index is -0.411. The number of benzene rings is 2. The molecule has 116 valence electrons. The van der Waals surface area contributed by atoms with Crippen LogP contribution in [0.1, 0.15) is 11.1 Å². The Balaban J connectivity index is 1.66. The number of nitrogens with zero attached hydrogens (tertiary/aromatic N) is 1. The summed E-state index contributed by atoms with van der Waals surface area (Å²) in [6.07, 6.45) is 0.256. The van der Waals surface area contributed by atoms with Gasteiger partial charge in [0.05, 0.1) is 25.4 Å². The van der Waals surface area contributed by atoms with Crippen LogP contribution in [0.25, 0.3) is 0 Å². The van der Waals surface area contributed by atoms with Crippen LogP contribution in [0.3, 0.4) is 0 Å². The lowest BCUT2D eigenvalue weighted by Crippen LogP contribution is -2.51. The molecule has 1 unspecified atom stereocenters. The zero-order valence-electron chi connectivity index (χ0n) is 12.8. The number of hydrogen-bond acceptors (Lipinski definition) is 3. The fourth-order valence-electron chi connectivity index (χ4n) is 3.02. The Morgan fingerprint density at radius 3 is 2.32 bits per heavy atom. The van der Waals surface area contributed by atoms with Gasteiger partial charge in [0.15, 0.2) is 0 Å². The Morgan fingerprint density at radius 1 is 1.00 bits per heavy atom. The van der Waals surface area contributed by atoms with Gasteiger partial charge in [-0.25, -0.2) is 0 Å². The van der Waals surface area contributed by atoms with Gasteiger partial charge in [-0.1, -0.05) is 60.7 Å². The van der Waals surface area contributed by atoms with E-state index in [1.165, 1.54) is 11.1 Å². The van der Waals surface area contributed by atoms with E-state index in [0.29, 0.717) is 13.0 Å². The molecule has 22 heavy (non-hydrogen) atoms. The SMILES string of the molecule is OC(Cc1ccccc1)[C@H]1COCCN1Cc1ccccc1. The lowest BCUT2D eigenvalue weighted by Gasteiger charge is -2.38. The van der Waals surface area contributed by atoms with Crippen LogP contribution in [0.4, 0.5) is 0 Å². The lowest BCUT2D eigenvalue weighted by molar-refractivity contribution is -0.0616.